The van der Waals surface area contributed by atoms with Gasteiger partial charge in [-0.2, -0.15) is 0 Å². The van der Waals surface area contributed by atoms with Crippen LogP contribution >= 0.6 is 11.6 Å². The zero-order valence-corrected chi connectivity index (χ0v) is 21.7. The van der Waals surface area contributed by atoms with Gasteiger partial charge in [-0.05, 0) is 50.1 Å². The van der Waals surface area contributed by atoms with Gasteiger partial charge in [-0.3, -0.25) is 9.59 Å². The van der Waals surface area contributed by atoms with Gasteiger partial charge >= 0.3 is 0 Å². The average Bonchev–Trinajstić information content (AvgIpc) is 2.85. The Morgan fingerprint density at radius 3 is 2.20 bits per heavy atom. The van der Waals surface area contributed by atoms with Crippen LogP contribution in [0.3, 0.4) is 0 Å². The van der Waals surface area contributed by atoms with Gasteiger partial charge in [-0.1, -0.05) is 37.1 Å². The van der Waals surface area contributed by atoms with Gasteiger partial charge in [0.1, 0.15) is 12.6 Å². The maximum atomic E-state index is 13.0. The Hall–Kier alpha value is -2.97. The van der Waals surface area contributed by atoms with Crippen LogP contribution in [0, 0.1) is 0 Å². The molecule has 0 aliphatic heterocycles. The third-order valence-corrected chi connectivity index (χ3v) is 5.32. The highest BCUT2D eigenvalue weighted by atomic mass is 35.5. The zero-order valence-electron chi connectivity index (χ0n) is 21.0. The molecular weight excluding hydrogens is 472 g/mol. The molecule has 2 N–H and O–H groups in total. The topological polar surface area (TPSA) is 95.1 Å². The summed E-state index contributed by atoms with van der Waals surface area (Å²) >= 11 is 5.94. The van der Waals surface area contributed by atoms with Crippen LogP contribution in [0.15, 0.2) is 36.4 Å². The van der Waals surface area contributed by atoms with Crippen LogP contribution in [0.5, 0.6) is 17.2 Å². The van der Waals surface area contributed by atoms with E-state index >= 15 is 0 Å². The van der Waals surface area contributed by atoms with Crippen molar-refractivity contribution >= 4 is 23.4 Å². The number of ether oxygens (including phenoxy) is 4. The quantitative estimate of drug-likeness (QED) is 0.369. The molecule has 0 aliphatic carbocycles. The molecule has 0 bridgehead atoms. The lowest BCUT2D eigenvalue weighted by Crippen LogP contribution is -2.47. The SMILES string of the molecule is CCC[C@H](NC(=O)c1cc(OC)c(OCc2ccc(Cl)cc2)c(OC)c1)C(=O)NCCOC(C)C. The minimum atomic E-state index is -0.677. The van der Waals surface area contributed by atoms with E-state index in [0.29, 0.717) is 41.8 Å². The van der Waals surface area contributed by atoms with Gasteiger partial charge in [0.2, 0.25) is 11.7 Å². The van der Waals surface area contributed by atoms with E-state index < -0.39 is 11.9 Å². The number of carbonyl (C=O) groups excluding carboxylic acids is 2. The lowest BCUT2D eigenvalue weighted by atomic mass is 10.1. The van der Waals surface area contributed by atoms with E-state index in [4.69, 9.17) is 30.5 Å². The van der Waals surface area contributed by atoms with Crippen molar-refractivity contribution in [3.8, 4) is 17.2 Å². The molecule has 2 rings (SSSR count). The van der Waals surface area contributed by atoms with Gasteiger partial charge < -0.3 is 29.6 Å². The molecule has 1 atom stereocenters. The number of hydrogen-bond donors (Lipinski definition) is 2. The summed E-state index contributed by atoms with van der Waals surface area (Å²) in [5.41, 5.74) is 1.20. The largest absolute Gasteiger partial charge is 0.493 e. The van der Waals surface area contributed by atoms with Crippen molar-refractivity contribution in [2.45, 2.75) is 52.4 Å². The molecule has 2 aromatic carbocycles. The monoisotopic (exact) mass is 506 g/mol. The van der Waals surface area contributed by atoms with Crippen LogP contribution in [0.4, 0.5) is 0 Å². The molecule has 0 saturated heterocycles. The molecule has 2 amide bonds. The van der Waals surface area contributed by atoms with Gasteiger partial charge in [0.25, 0.3) is 5.91 Å². The third-order valence-electron chi connectivity index (χ3n) is 5.07. The van der Waals surface area contributed by atoms with Crippen molar-refractivity contribution in [2.24, 2.45) is 0 Å². The second kappa shape index (κ2) is 14.4. The smallest absolute Gasteiger partial charge is 0.252 e. The van der Waals surface area contributed by atoms with Crippen LogP contribution in [0.1, 0.15) is 49.5 Å². The highest BCUT2D eigenvalue weighted by Gasteiger charge is 2.23. The fraction of sp³-hybridized carbons (Fsp3) is 0.462. The van der Waals surface area contributed by atoms with Crippen molar-refractivity contribution in [1.82, 2.24) is 10.6 Å². The number of amides is 2. The van der Waals surface area contributed by atoms with Gasteiger partial charge in [-0.25, -0.2) is 0 Å². The molecule has 192 valence electrons. The van der Waals surface area contributed by atoms with Gasteiger partial charge in [0.05, 0.1) is 26.9 Å². The average molecular weight is 507 g/mol. The summed E-state index contributed by atoms with van der Waals surface area (Å²) in [5, 5.41) is 6.26. The second-order valence-corrected chi connectivity index (χ2v) is 8.59. The number of hydrogen-bond acceptors (Lipinski definition) is 6. The predicted octanol–water partition coefficient (Wildman–Crippen LogP) is 4.38. The Morgan fingerprint density at radius 1 is 1.03 bits per heavy atom. The van der Waals surface area contributed by atoms with Crippen molar-refractivity contribution in [2.75, 3.05) is 27.4 Å². The van der Waals surface area contributed by atoms with E-state index in [-0.39, 0.29) is 24.2 Å². The summed E-state index contributed by atoms with van der Waals surface area (Å²) in [6, 6.07) is 9.72. The van der Waals surface area contributed by atoms with E-state index in [0.717, 1.165) is 12.0 Å². The third kappa shape index (κ3) is 8.96. The van der Waals surface area contributed by atoms with Crippen molar-refractivity contribution in [3.05, 3.63) is 52.5 Å². The van der Waals surface area contributed by atoms with Crippen molar-refractivity contribution in [1.29, 1.82) is 0 Å². The lowest BCUT2D eigenvalue weighted by Gasteiger charge is -2.20. The van der Waals surface area contributed by atoms with Crippen LogP contribution in [0.2, 0.25) is 5.02 Å². The molecule has 0 heterocycles. The summed E-state index contributed by atoms with van der Waals surface area (Å²) in [6.45, 7) is 6.84. The molecule has 8 nitrogen and oxygen atoms in total. The van der Waals surface area contributed by atoms with Crippen LogP contribution in [0.25, 0.3) is 0 Å². The van der Waals surface area contributed by atoms with Crippen LogP contribution < -0.4 is 24.8 Å². The number of nitrogens with one attached hydrogen (secondary N) is 2. The van der Waals surface area contributed by atoms with Crippen LogP contribution in [-0.4, -0.2) is 51.3 Å². The molecule has 0 aliphatic rings. The molecule has 35 heavy (non-hydrogen) atoms. The number of benzene rings is 2. The minimum Gasteiger partial charge on any atom is -0.493 e. The first-order valence-electron chi connectivity index (χ1n) is 11.6. The van der Waals surface area contributed by atoms with E-state index in [2.05, 4.69) is 10.6 Å². The summed E-state index contributed by atoms with van der Waals surface area (Å²) < 4.78 is 22.3. The predicted molar refractivity (Wildman–Crippen MR) is 136 cm³/mol. The maximum Gasteiger partial charge on any atom is 0.252 e. The summed E-state index contributed by atoms with van der Waals surface area (Å²) in [5.74, 6) is 0.373. The molecule has 0 spiro atoms. The van der Waals surface area contributed by atoms with Gasteiger partial charge in [0.15, 0.2) is 11.5 Å². The zero-order chi connectivity index (χ0) is 25.8. The number of carbonyl (C=O) groups is 2. The van der Waals surface area contributed by atoms with E-state index in [1.807, 2.05) is 32.9 Å². The Kier molecular flexibility index (Phi) is 11.7. The van der Waals surface area contributed by atoms with E-state index in [1.54, 1.807) is 24.3 Å². The molecule has 0 fully saturated rings. The Balaban J connectivity index is 2.13. The second-order valence-electron chi connectivity index (χ2n) is 8.15. The summed E-state index contributed by atoms with van der Waals surface area (Å²) in [4.78, 5) is 25.7. The summed E-state index contributed by atoms with van der Waals surface area (Å²) in [7, 11) is 2.97. The standard InChI is InChI=1S/C26H35ClN2O6/c1-6-7-21(26(31)28-12-13-34-17(2)3)29-25(30)19-14-22(32-4)24(23(15-19)33-5)35-16-18-8-10-20(27)11-9-18/h8-11,14-15,17,21H,6-7,12-13,16H2,1-5H3,(H,28,31)(H,29,30)/t21-/m0/s1. The normalized spacial score (nSPS) is 11.6. The molecule has 0 saturated carbocycles. The lowest BCUT2D eigenvalue weighted by molar-refractivity contribution is -0.123. The molecule has 2 aromatic rings. The molecule has 0 aromatic heterocycles. The molecule has 0 unspecified atom stereocenters. The van der Waals surface area contributed by atoms with Gasteiger partial charge in [-0.15, -0.1) is 0 Å². The fourth-order valence-electron chi connectivity index (χ4n) is 3.28. The number of methoxy groups -OCH3 is 2. The first-order chi connectivity index (χ1) is 16.8. The molecule has 9 heteroatoms. The Morgan fingerprint density at radius 2 is 1.66 bits per heavy atom. The van der Waals surface area contributed by atoms with Gasteiger partial charge in [0, 0.05) is 17.1 Å². The first kappa shape index (κ1) is 28.3. The van der Waals surface area contributed by atoms with Crippen LogP contribution in [-0.2, 0) is 16.1 Å². The van der Waals surface area contributed by atoms with Crippen molar-refractivity contribution < 1.29 is 28.5 Å². The van der Waals surface area contributed by atoms with E-state index in [9.17, 15) is 9.59 Å². The number of halogens is 1. The molecule has 0 radical (unpaired) electrons. The fourth-order valence-corrected chi connectivity index (χ4v) is 3.41. The Bertz CT molecular complexity index is 940. The minimum absolute atomic E-state index is 0.0844. The highest BCUT2D eigenvalue weighted by molar-refractivity contribution is 6.30. The Labute approximate surface area is 212 Å². The maximum absolute atomic E-state index is 13.0. The van der Waals surface area contributed by atoms with Crippen molar-refractivity contribution in [3.63, 3.8) is 0 Å². The first-order valence-corrected chi connectivity index (χ1v) is 12.0. The number of rotatable bonds is 14. The summed E-state index contributed by atoms with van der Waals surface area (Å²) in [6.07, 6.45) is 1.31. The molecular formula is C26H35ClN2O6. The highest BCUT2D eigenvalue weighted by Crippen LogP contribution is 2.39. The van der Waals surface area contributed by atoms with E-state index in [1.165, 1.54) is 14.2 Å².